The van der Waals surface area contributed by atoms with Crippen LogP contribution < -0.4 is 0 Å². The van der Waals surface area contributed by atoms with Gasteiger partial charge in [-0.15, -0.1) is 0 Å². The zero-order valence-electron chi connectivity index (χ0n) is 19.4. The van der Waals surface area contributed by atoms with E-state index < -0.39 is 35.5 Å². The normalized spacial score (nSPS) is 42.8. The van der Waals surface area contributed by atoms with Crippen molar-refractivity contribution < 1.29 is 33.8 Å². The van der Waals surface area contributed by atoms with Crippen molar-refractivity contribution >= 4 is 23.5 Å². The summed E-state index contributed by atoms with van der Waals surface area (Å²) in [6, 6.07) is 0. The van der Waals surface area contributed by atoms with E-state index in [4.69, 9.17) is 9.47 Å². The molecule has 0 aliphatic heterocycles. The molecule has 32 heavy (non-hydrogen) atoms. The number of hydrogen-bond donors (Lipinski definition) is 1. The summed E-state index contributed by atoms with van der Waals surface area (Å²) in [6.07, 6.45) is 5.64. The molecule has 7 heteroatoms. The predicted molar refractivity (Wildman–Crippen MR) is 114 cm³/mol. The van der Waals surface area contributed by atoms with Gasteiger partial charge in [-0.25, -0.2) is 0 Å². The molecule has 0 spiro atoms. The quantitative estimate of drug-likeness (QED) is 0.662. The Kier molecular flexibility index (Phi) is 5.63. The third kappa shape index (κ3) is 3.35. The molecule has 7 nitrogen and oxygen atoms in total. The number of ketones is 2. The van der Waals surface area contributed by atoms with Gasteiger partial charge in [0.2, 0.25) is 5.78 Å². The van der Waals surface area contributed by atoms with Crippen molar-refractivity contribution in [2.24, 2.45) is 28.6 Å². The first-order valence-electron chi connectivity index (χ1n) is 11.7. The number of rotatable bonds is 4. The van der Waals surface area contributed by atoms with Crippen molar-refractivity contribution in [1.29, 1.82) is 0 Å². The average Bonchev–Trinajstić information content (AvgIpc) is 2.99. The molecule has 0 saturated heterocycles. The molecular weight excluding hydrogens is 412 g/mol. The van der Waals surface area contributed by atoms with E-state index in [2.05, 4.69) is 6.92 Å². The lowest BCUT2D eigenvalue weighted by Crippen LogP contribution is -2.59. The van der Waals surface area contributed by atoms with Gasteiger partial charge < -0.3 is 14.6 Å². The molecule has 0 amide bonds. The molecule has 4 aliphatic rings. The van der Waals surface area contributed by atoms with E-state index in [1.807, 2.05) is 6.92 Å². The van der Waals surface area contributed by atoms with Crippen molar-refractivity contribution in [3.8, 4) is 0 Å². The number of aliphatic hydroxyl groups is 1. The lowest BCUT2D eigenvalue weighted by atomic mass is 9.45. The van der Waals surface area contributed by atoms with Crippen molar-refractivity contribution in [3.63, 3.8) is 0 Å². The van der Waals surface area contributed by atoms with Crippen LogP contribution in [0.4, 0.5) is 0 Å². The van der Waals surface area contributed by atoms with Gasteiger partial charge in [-0.05, 0) is 73.3 Å². The third-order valence-electron chi connectivity index (χ3n) is 9.28. The second-order valence-corrected chi connectivity index (χ2v) is 10.8. The van der Waals surface area contributed by atoms with Crippen molar-refractivity contribution in [2.75, 3.05) is 6.61 Å². The minimum atomic E-state index is -1.53. The minimum absolute atomic E-state index is 0.0834. The van der Waals surface area contributed by atoms with E-state index >= 15 is 0 Å². The molecule has 0 aromatic carbocycles. The van der Waals surface area contributed by atoms with E-state index in [0.29, 0.717) is 38.0 Å². The van der Waals surface area contributed by atoms with E-state index in [1.165, 1.54) is 13.8 Å². The van der Waals surface area contributed by atoms with Crippen molar-refractivity contribution in [3.05, 3.63) is 11.6 Å². The molecule has 3 fully saturated rings. The first-order valence-corrected chi connectivity index (χ1v) is 11.7. The molecule has 4 aliphatic carbocycles. The first-order chi connectivity index (χ1) is 14.9. The van der Waals surface area contributed by atoms with E-state index in [9.17, 15) is 24.3 Å². The number of ether oxygens (including phenoxy) is 2. The third-order valence-corrected chi connectivity index (χ3v) is 9.28. The maximum atomic E-state index is 13.0. The summed E-state index contributed by atoms with van der Waals surface area (Å²) in [5, 5.41) is 11.6. The maximum absolute atomic E-state index is 13.0. The Balaban J connectivity index is 1.67. The monoisotopic (exact) mass is 446 g/mol. The molecule has 7 atom stereocenters. The largest absolute Gasteiger partial charge is 0.458 e. The molecule has 0 heterocycles. The Hall–Kier alpha value is -2.02. The van der Waals surface area contributed by atoms with Crippen LogP contribution in [0.5, 0.6) is 0 Å². The highest BCUT2D eigenvalue weighted by Crippen LogP contribution is 2.67. The predicted octanol–water partition coefficient (Wildman–Crippen LogP) is 2.92. The Morgan fingerprint density at radius 2 is 1.75 bits per heavy atom. The average molecular weight is 447 g/mol. The van der Waals surface area contributed by atoms with Gasteiger partial charge in [-0.2, -0.15) is 0 Å². The Morgan fingerprint density at radius 1 is 1.06 bits per heavy atom. The number of carbonyl (C=O) groups is 4. The number of hydrogen-bond acceptors (Lipinski definition) is 7. The maximum Gasteiger partial charge on any atom is 0.303 e. The van der Waals surface area contributed by atoms with Crippen LogP contribution in [0.2, 0.25) is 0 Å². The number of esters is 2. The fourth-order valence-electron chi connectivity index (χ4n) is 7.65. The smallest absolute Gasteiger partial charge is 0.303 e. The summed E-state index contributed by atoms with van der Waals surface area (Å²) in [6.45, 7) is 6.41. The summed E-state index contributed by atoms with van der Waals surface area (Å²) >= 11 is 0. The first kappa shape index (κ1) is 23.1. The van der Waals surface area contributed by atoms with Crippen LogP contribution in [0.3, 0.4) is 0 Å². The molecule has 3 saturated carbocycles. The van der Waals surface area contributed by atoms with E-state index in [0.717, 1.165) is 18.4 Å². The Morgan fingerprint density at radius 3 is 2.41 bits per heavy atom. The van der Waals surface area contributed by atoms with E-state index in [1.54, 1.807) is 6.08 Å². The number of Topliss-reactive ketones (excluding diaryl/α,β-unsaturated/α-hetero) is 1. The molecule has 0 bridgehead atoms. The molecule has 1 N–H and O–H groups in total. The zero-order valence-corrected chi connectivity index (χ0v) is 19.4. The number of fused-ring (bicyclic) bond motifs is 5. The van der Waals surface area contributed by atoms with Gasteiger partial charge in [0.25, 0.3) is 0 Å². The van der Waals surface area contributed by atoms with Crippen LogP contribution in [0.25, 0.3) is 0 Å². The van der Waals surface area contributed by atoms with Crippen LogP contribution in [-0.2, 0) is 28.7 Å². The lowest BCUT2D eigenvalue weighted by molar-refractivity contribution is -0.173. The molecule has 0 radical (unpaired) electrons. The van der Waals surface area contributed by atoms with Gasteiger partial charge in [-0.3, -0.25) is 19.2 Å². The molecule has 4 rings (SSSR count). The van der Waals surface area contributed by atoms with Crippen LogP contribution >= 0.6 is 0 Å². The lowest BCUT2D eigenvalue weighted by Gasteiger charge is -2.60. The minimum Gasteiger partial charge on any atom is -0.458 e. The topological polar surface area (TPSA) is 107 Å². The SMILES string of the molecule is CC(=O)OCC(=O)C1(O)CCC2C3CC(OC(C)=O)C4=CC(=O)CCC4(C)C3CCC21C. The summed E-state index contributed by atoms with van der Waals surface area (Å²) in [5.74, 6) is -0.699. The highest BCUT2D eigenvalue weighted by Gasteiger charge is 2.67. The Bertz CT molecular complexity index is 891. The summed E-state index contributed by atoms with van der Waals surface area (Å²) in [7, 11) is 0. The fourth-order valence-corrected chi connectivity index (χ4v) is 7.65. The summed E-state index contributed by atoms with van der Waals surface area (Å²) in [4.78, 5) is 48.3. The van der Waals surface area contributed by atoms with Crippen molar-refractivity contribution in [2.45, 2.75) is 84.3 Å². The zero-order chi connectivity index (χ0) is 23.5. The highest BCUT2D eigenvalue weighted by molar-refractivity contribution is 5.92. The molecular formula is C25H34O7. The van der Waals surface area contributed by atoms with Gasteiger partial charge >= 0.3 is 11.9 Å². The van der Waals surface area contributed by atoms with Gasteiger partial charge in [0.05, 0.1) is 0 Å². The van der Waals surface area contributed by atoms with Crippen LogP contribution in [-0.4, -0.2) is 46.9 Å². The highest BCUT2D eigenvalue weighted by atomic mass is 16.5. The second kappa shape index (κ2) is 7.79. The van der Waals surface area contributed by atoms with Crippen LogP contribution in [0.15, 0.2) is 11.6 Å². The van der Waals surface area contributed by atoms with Gasteiger partial charge in [0.1, 0.15) is 11.7 Å². The van der Waals surface area contributed by atoms with Crippen molar-refractivity contribution in [1.82, 2.24) is 0 Å². The van der Waals surface area contributed by atoms with E-state index in [-0.39, 0.29) is 29.0 Å². The summed E-state index contributed by atoms with van der Waals surface area (Å²) < 4.78 is 10.6. The number of carbonyl (C=O) groups excluding carboxylic acids is 4. The van der Waals surface area contributed by atoms with Gasteiger partial charge in [-0.1, -0.05) is 13.8 Å². The Labute approximate surface area is 188 Å². The fraction of sp³-hybridized carbons (Fsp3) is 0.760. The van der Waals surface area contributed by atoms with Gasteiger partial charge in [0, 0.05) is 25.7 Å². The molecule has 7 unspecified atom stereocenters. The van der Waals surface area contributed by atoms with Crippen LogP contribution in [0.1, 0.15) is 72.6 Å². The molecule has 0 aromatic rings. The standard InChI is InChI=1S/C25H34O7/c1-14(26)31-13-22(29)25(30)10-7-19-17-12-21(32-15(2)27)20-11-16(28)5-8-23(20,3)18(17)6-9-24(19,25)4/h11,17-19,21,30H,5-10,12-13H2,1-4H3. The molecule has 0 aromatic heterocycles. The summed E-state index contributed by atoms with van der Waals surface area (Å²) in [5.41, 5.74) is -1.46. The van der Waals surface area contributed by atoms with Gasteiger partial charge in [0.15, 0.2) is 12.4 Å². The molecule has 176 valence electrons. The van der Waals surface area contributed by atoms with Crippen LogP contribution in [0, 0.1) is 28.6 Å². The second-order valence-electron chi connectivity index (χ2n) is 10.8.